The van der Waals surface area contributed by atoms with Gasteiger partial charge in [-0.2, -0.15) is 4.39 Å². The van der Waals surface area contributed by atoms with Crippen molar-refractivity contribution in [2.24, 2.45) is 11.8 Å². The third kappa shape index (κ3) is 4.07. The first-order valence-corrected chi connectivity index (χ1v) is 9.99. The zero-order valence-electron chi connectivity index (χ0n) is 15.6. The summed E-state index contributed by atoms with van der Waals surface area (Å²) in [6.45, 7) is 4.37. The van der Waals surface area contributed by atoms with Gasteiger partial charge in [-0.05, 0) is 79.5 Å². The second-order valence-electron chi connectivity index (χ2n) is 7.96. The predicted octanol–water partition coefficient (Wildman–Crippen LogP) is 6.88. The molecule has 0 heterocycles. The van der Waals surface area contributed by atoms with Gasteiger partial charge in [0.25, 0.3) is 0 Å². The largest absolute Gasteiger partial charge is 0.490 e. The average molecular weight is 368 g/mol. The molecule has 0 N–H and O–H groups in total. The summed E-state index contributed by atoms with van der Waals surface area (Å²) < 4.78 is 34.3. The van der Waals surface area contributed by atoms with Crippen molar-refractivity contribution in [1.82, 2.24) is 0 Å². The Morgan fingerprint density at radius 3 is 2.22 bits per heavy atom. The highest BCUT2D eigenvalue weighted by atomic mass is 19.2. The highest BCUT2D eigenvalue weighted by Gasteiger charge is 2.24. The van der Waals surface area contributed by atoms with E-state index >= 15 is 0 Å². The Balaban J connectivity index is 1.48. The van der Waals surface area contributed by atoms with Crippen LogP contribution in [0.25, 0.3) is 11.1 Å². The summed E-state index contributed by atoms with van der Waals surface area (Å²) in [6, 6.07) is 11.1. The summed E-state index contributed by atoms with van der Waals surface area (Å²) in [5, 5.41) is 0. The molecule has 2 aliphatic carbocycles. The minimum atomic E-state index is -0.889. The SMILES string of the molecule is C=CC1CCC(c2ccc(-c3ccc(OCC4CC4)c(F)c3F)cc2)CC1. The number of rotatable bonds is 6. The monoisotopic (exact) mass is 368 g/mol. The lowest BCUT2D eigenvalue weighted by atomic mass is 9.78. The molecule has 0 spiro atoms. The lowest BCUT2D eigenvalue weighted by Gasteiger charge is -2.27. The van der Waals surface area contributed by atoms with Crippen LogP contribution in [0, 0.1) is 23.5 Å². The number of ether oxygens (including phenoxy) is 1. The van der Waals surface area contributed by atoms with E-state index in [4.69, 9.17) is 4.74 Å². The van der Waals surface area contributed by atoms with Crippen LogP contribution in [0.15, 0.2) is 49.1 Å². The highest BCUT2D eigenvalue weighted by molar-refractivity contribution is 5.65. The Morgan fingerprint density at radius 1 is 0.889 bits per heavy atom. The smallest absolute Gasteiger partial charge is 0.201 e. The molecule has 0 bridgehead atoms. The van der Waals surface area contributed by atoms with Crippen LogP contribution in [-0.4, -0.2) is 6.61 Å². The molecule has 4 rings (SSSR count). The number of benzene rings is 2. The Labute approximate surface area is 160 Å². The molecule has 2 aromatic rings. The van der Waals surface area contributed by atoms with Crippen molar-refractivity contribution < 1.29 is 13.5 Å². The van der Waals surface area contributed by atoms with Crippen LogP contribution >= 0.6 is 0 Å². The minimum absolute atomic E-state index is 0.0127. The van der Waals surface area contributed by atoms with Crippen LogP contribution in [-0.2, 0) is 0 Å². The molecule has 0 saturated heterocycles. The molecule has 0 aromatic heterocycles. The fourth-order valence-corrected chi connectivity index (χ4v) is 3.98. The first-order chi connectivity index (χ1) is 13.2. The fourth-order valence-electron chi connectivity index (χ4n) is 3.98. The molecule has 3 heteroatoms. The van der Waals surface area contributed by atoms with Crippen molar-refractivity contribution in [3.05, 3.63) is 66.3 Å². The molecule has 2 fully saturated rings. The maximum absolute atomic E-state index is 14.6. The third-order valence-corrected chi connectivity index (χ3v) is 6.02. The second kappa shape index (κ2) is 7.84. The molecule has 0 radical (unpaired) electrons. The van der Waals surface area contributed by atoms with Gasteiger partial charge in [0.15, 0.2) is 11.6 Å². The van der Waals surface area contributed by atoms with E-state index < -0.39 is 11.6 Å². The minimum Gasteiger partial charge on any atom is -0.490 e. The Morgan fingerprint density at radius 2 is 1.59 bits per heavy atom. The lowest BCUT2D eigenvalue weighted by molar-refractivity contribution is 0.280. The molecule has 2 saturated carbocycles. The average Bonchev–Trinajstić information content (AvgIpc) is 3.54. The van der Waals surface area contributed by atoms with Crippen LogP contribution < -0.4 is 4.74 Å². The zero-order valence-corrected chi connectivity index (χ0v) is 15.6. The van der Waals surface area contributed by atoms with Crippen LogP contribution in [0.1, 0.15) is 50.0 Å². The van der Waals surface area contributed by atoms with Gasteiger partial charge in [-0.3, -0.25) is 0 Å². The Hall–Kier alpha value is -2.16. The summed E-state index contributed by atoms with van der Waals surface area (Å²) in [4.78, 5) is 0. The van der Waals surface area contributed by atoms with Crippen LogP contribution in [0.2, 0.25) is 0 Å². The van der Waals surface area contributed by atoms with E-state index in [2.05, 4.69) is 24.8 Å². The van der Waals surface area contributed by atoms with Gasteiger partial charge in [-0.1, -0.05) is 30.3 Å². The molecule has 0 aliphatic heterocycles. The number of allylic oxidation sites excluding steroid dienone is 1. The fraction of sp³-hybridized carbons (Fsp3) is 0.417. The molecule has 142 valence electrons. The van der Waals surface area contributed by atoms with Gasteiger partial charge in [-0.25, -0.2) is 4.39 Å². The third-order valence-electron chi connectivity index (χ3n) is 6.02. The summed E-state index contributed by atoms with van der Waals surface area (Å²) in [6.07, 6.45) is 8.97. The molecular formula is C24H26F2O. The molecule has 2 aliphatic rings. The van der Waals surface area contributed by atoms with Crippen molar-refractivity contribution in [2.45, 2.75) is 44.4 Å². The van der Waals surface area contributed by atoms with Crippen molar-refractivity contribution in [3.8, 4) is 16.9 Å². The van der Waals surface area contributed by atoms with Crippen molar-refractivity contribution in [3.63, 3.8) is 0 Å². The number of hydrogen-bond acceptors (Lipinski definition) is 1. The lowest BCUT2D eigenvalue weighted by Crippen LogP contribution is -2.11. The summed E-state index contributed by atoms with van der Waals surface area (Å²) in [5.41, 5.74) is 2.27. The van der Waals surface area contributed by atoms with Gasteiger partial charge in [0.05, 0.1) is 6.61 Å². The number of halogens is 2. The Kier molecular flexibility index (Phi) is 5.29. The van der Waals surface area contributed by atoms with E-state index in [0.717, 1.165) is 25.7 Å². The summed E-state index contributed by atoms with van der Waals surface area (Å²) in [5.74, 6) is -0.0178. The topological polar surface area (TPSA) is 9.23 Å². The maximum atomic E-state index is 14.6. The maximum Gasteiger partial charge on any atom is 0.201 e. The van der Waals surface area contributed by atoms with Crippen LogP contribution in [0.4, 0.5) is 8.78 Å². The summed E-state index contributed by atoms with van der Waals surface area (Å²) >= 11 is 0. The highest BCUT2D eigenvalue weighted by Crippen LogP contribution is 2.37. The summed E-state index contributed by atoms with van der Waals surface area (Å²) in [7, 11) is 0. The first kappa shape index (κ1) is 18.2. The van der Waals surface area contributed by atoms with Gasteiger partial charge in [0.2, 0.25) is 5.82 Å². The van der Waals surface area contributed by atoms with E-state index in [9.17, 15) is 8.78 Å². The predicted molar refractivity (Wildman–Crippen MR) is 105 cm³/mol. The first-order valence-electron chi connectivity index (χ1n) is 9.99. The molecule has 1 nitrogen and oxygen atoms in total. The van der Waals surface area contributed by atoms with Crippen molar-refractivity contribution in [1.29, 1.82) is 0 Å². The van der Waals surface area contributed by atoms with Crippen molar-refractivity contribution >= 4 is 0 Å². The van der Waals surface area contributed by atoms with E-state index in [1.54, 1.807) is 12.1 Å². The van der Waals surface area contributed by atoms with Crippen LogP contribution in [0.3, 0.4) is 0 Å². The molecule has 0 unspecified atom stereocenters. The molecular weight excluding hydrogens is 342 g/mol. The second-order valence-corrected chi connectivity index (χ2v) is 7.96. The molecule has 0 atom stereocenters. The van der Waals surface area contributed by atoms with Gasteiger partial charge in [0, 0.05) is 5.56 Å². The normalized spacial score (nSPS) is 22.4. The van der Waals surface area contributed by atoms with E-state index in [-0.39, 0.29) is 11.3 Å². The number of hydrogen-bond donors (Lipinski definition) is 0. The molecule has 0 amide bonds. The molecule has 27 heavy (non-hydrogen) atoms. The van der Waals surface area contributed by atoms with E-state index in [0.29, 0.717) is 29.9 Å². The van der Waals surface area contributed by atoms with E-state index in [1.165, 1.54) is 18.4 Å². The standard InChI is InChI=1S/C24H26F2O/c1-2-16-5-7-18(8-6-16)19-9-11-20(12-10-19)21-13-14-22(24(26)23(21)25)27-15-17-3-4-17/h2,9-14,16-18H,1,3-8,15H2. The van der Waals surface area contributed by atoms with Crippen LogP contribution in [0.5, 0.6) is 5.75 Å². The van der Waals surface area contributed by atoms with Gasteiger partial charge >= 0.3 is 0 Å². The van der Waals surface area contributed by atoms with Gasteiger partial charge < -0.3 is 4.74 Å². The molecule has 2 aromatic carbocycles. The van der Waals surface area contributed by atoms with Crippen molar-refractivity contribution in [2.75, 3.05) is 6.61 Å². The van der Waals surface area contributed by atoms with E-state index in [1.807, 2.05) is 12.1 Å². The zero-order chi connectivity index (χ0) is 18.8. The van der Waals surface area contributed by atoms with Gasteiger partial charge in [-0.15, -0.1) is 6.58 Å². The quantitative estimate of drug-likeness (QED) is 0.505. The van der Waals surface area contributed by atoms with Gasteiger partial charge in [0.1, 0.15) is 0 Å². The Bertz CT molecular complexity index is 800.